The van der Waals surface area contributed by atoms with E-state index in [4.69, 9.17) is 16.0 Å². The number of rotatable bonds is 5. The fourth-order valence-corrected chi connectivity index (χ4v) is 3.19. The Labute approximate surface area is 159 Å². The average molecular weight is 384 g/mol. The van der Waals surface area contributed by atoms with Gasteiger partial charge in [-0.2, -0.15) is 0 Å². The van der Waals surface area contributed by atoms with Crippen molar-refractivity contribution in [3.8, 4) is 22.8 Å². The minimum atomic E-state index is 0.404. The Morgan fingerprint density at radius 3 is 2.69 bits per heavy atom. The zero-order valence-corrected chi connectivity index (χ0v) is 15.4. The van der Waals surface area contributed by atoms with Gasteiger partial charge in [0.05, 0.1) is 16.3 Å². The van der Waals surface area contributed by atoms with Gasteiger partial charge < -0.3 is 4.42 Å². The lowest BCUT2D eigenvalue weighted by Gasteiger charge is -1.97. The van der Waals surface area contributed by atoms with Gasteiger partial charge in [0.1, 0.15) is 0 Å². The van der Waals surface area contributed by atoms with Gasteiger partial charge in [-0.1, -0.05) is 65.3 Å². The van der Waals surface area contributed by atoms with E-state index < -0.39 is 0 Å². The molecule has 0 amide bonds. The van der Waals surface area contributed by atoms with E-state index >= 15 is 0 Å². The molecule has 0 aliphatic carbocycles. The summed E-state index contributed by atoms with van der Waals surface area (Å²) in [7, 11) is 0. The zero-order chi connectivity index (χ0) is 17.9. The van der Waals surface area contributed by atoms with Gasteiger partial charge in [-0.05, 0) is 19.1 Å². The van der Waals surface area contributed by atoms with Gasteiger partial charge in [-0.15, -0.1) is 15.3 Å². The van der Waals surface area contributed by atoms with Crippen LogP contribution in [0.25, 0.3) is 22.8 Å². The molecular weight excluding hydrogens is 370 g/mol. The van der Waals surface area contributed by atoms with Crippen LogP contribution in [0.3, 0.4) is 0 Å². The molecule has 6 nitrogen and oxygen atoms in total. The van der Waals surface area contributed by atoms with Crippen LogP contribution < -0.4 is 0 Å². The predicted molar refractivity (Wildman–Crippen MR) is 101 cm³/mol. The molecule has 0 saturated heterocycles. The normalized spacial score (nSPS) is 11.0. The highest BCUT2D eigenvalue weighted by atomic mass is 35.5. The van der Waals surface area contributed by atoms with E-state index in [1.54, 1.807) is 6.07 Å². The molecule has 0 atom stereocenters. The SMILES string of the molecule is Cc1ccc(-c2nc(SCc3nnc(-c4ccccc4Cl)o3)n[nH]2)cc1. The van der Waals surface area contributed by atoms with Crippen LogP contribution in [0.5, 0.6) is 0 Å². The molecule has 2 aromatic heterocycles. The van der Waals surface area contributed by atoms with Gasteiger partial charge in [0.2, 0.25) is 16.9 Å². The van der Waals surface area contributed by atoms with Crippen molar-refractivity contribution < 1.29 is 4.42 Å². The summed E-state index contributed by atoms with van der Waals surface area (Å²) in [5, 5.41) is 16.5. The van der Waals surface area contributed by atoms with Crippen molar-refractivity contribution in [2.75, 3.05) is 0 Å². The Hall–Kier alpha value is -2.64. The summed E-state index contributed by atoms with van der Waals surface area (Å²) in [5.41, 5.74) is 2.92. The molecule has 0 bridgehead atoms. The fourth-order valence-electron chi connectivity index (χ4n) is 2.33. The summed E-state index contributed by atoms with van der Waals surface area (Å²) < 4.78 is 5.68. The van der Waals surface area contributed by atoms with Crippen LogP contribution in [0.1, 0.15) is 11.5 Å². The first kappa shape index (κ1) is 16.8. The lowest BCUT2D eigenvalue weighted by molar-refractivity contribution is 0.528. The number of aromatic amines is 1. The Kier molecular flexibility index (Phi) is 4.73. The third-order valence-electron chi connectivity index (χ3n) is 3.69. The summed E-state index contributed by atoms with van der Waals surface area (Å²) >= 11 is 7.58. The molecule has 0 spiro atoms. The molecule has 4 aromatic rings. The van der Waals surface area contributed by atoms with Crippen LogP contribution in [0.4, 0.5) is 0 Å². The standard InChI is InChI=1S/C18H14ClN5OS/c1-11-6-8-12(9-7-11)16-20-18(24-22-16)26-10-15-21-23-17(25-15)13-4-2-3-5-14(13)19/h2-9H,10H2,1H3,(H,20,22,24). The maximum absolute atomic E-state index is 6.15. The van der Waals surface area contributed by atoms with Crippen LogP contribution in [-0.4, -0.2) is 25.4 Å². The molecule has 2 aromatic carbocycles. The van der Waals surface area contributed by atoms with E-state index in [1.807, 2.05) is 49.4 Å². The molecule has 0 radical (unpaired) electrons. The number of nitrogens with one attached hydrogen (secondary N) is 1. The highest BCUT2D eigenvalue weighted by Crippen LogP contribution is 2.28. The lowest BCUT2D eigenvalue weighted by atomic mass is 10.1. The van der Waals surface area contributed by atoms with E-state index in [0.29, 0.717) is 27.7 Å². The summed E-state index contributed by atoms with van der Waals surface area (Å²) in [6.07, 6.45) is 0. The van der Waals surface area contributed by atoms with E-state index in [-0.39, 0.29) is 0 Å². The summed E-state index contributed by atoms with van der Waals surface area (Å²) in [6, 6.07) is 15.5. The summed E-state index contributed by atoms with van der Waals surface area (Å²) in [4.78, 5) is 4.49. The maximum atomic E-state index is 6.15. The number of hydrogen-bond acceptors (Lipinski definition) is 6. The third-order valence-corrected chi connectivity index (χ3v) is 4.85. The maximum Gasteiger partial charge on any atom is 0.249 e. The number of hydrogen-bond donors (Lipinski definition) is 1. The van der Waals surface area contributed by atoms with E-state index in [9.17, 15) is 0 Å². The lowest BCUT2D eigenvalue weighted by Crippen LogP contribution is -1.82. The Morgan fingerprint density at radius 2 is 1.88 bits per heavy atom. The van der Waals surface area contributed by atoms with Crippen LogP contribution in [-0.2, 0) is 5.75 Å². The van der Waals surface area contributed by atoms with Crippen LogP contribution in [0, 0.1) is 6.92 Å². The Balaban J connectivity index is 1.44. The second-order valence-electron chi connectivity index (χ2n) is 5.60. The van der Waals surface area contributed by atoms with Crippen molar-refractivity contribution in [3.63, 3.8) is 0 Å². The molecule has 26 heavy (non-hydrogen) atoms. The summed E-state index contributed by atoms with van der Waals surface area (Å²) in [5.74, 6) is 2.10. The number of aryl methyl sites for hydroxylation is 1. The summed E-state index contributed by atoms with van der Waals surface area (Å²) in [6.45, 7) is 2.05. The van der Waals surface area contributed by atoms with Crippen molar-refractivity contribution in [2.24, 2.45) is 0 Å². The molecule has 1 N–H and O–H groups in total. The van der Waals surface area contributed by atoms with Gasteiger partial charge in [0.25, 0.3) is 0 Å². The van der Waals surface area contributed by atoms with Crippen molar-refractivity contribution in [1.29, 1.82) is 0 Å². The van der Waals surface area contributed by atoms with Crippen molar-refractivity contribution in [2.45, 2.75) is 17.8 Å². The van der Waals surface area contributed by atoms with Gasteiger partial charge >= 0.3 is 0 Å². The number of H-pyrrole nitrogens is 1. The first-order valence-electron chi connectivity index (χ1n) is 7.88. The molecule has 2 heterocycles. The molecule has 4 rings (SSSR count). The molecule has 8 heteroatoms. The van der Waals surface area contributed by atoms with E-state index in [0.717, 1.165) is 17.0 Å². The van der Waals surface area contributed by atoms with E-state index in [1.165, 1.54) is 17.3 Å². The topological polar surface area (TPSA) is 80.5 Å². The number of halogens is 1. The fraction of sp³-hybridized carbons (Fsp3) is 0.111. The van der Waals surface area contributed by atoms with Crippen LogP contribution in [0.2, 0.25) is 5.02 Å². The van der Waals surface area contributed by atoms with Gasteiger partial charge in [0, 0.05) is 5.56 Å². The number of thioether (sulfide) groups is 1. The molecule has 130 valence electrons. The van der Waals surface area contributed by atoms with Crippen LogP contribution in [0.15, 0.2) is 58.1 Å². The van der Waals surface area contributed by atoms with Crippen molar-refractivity contribution >= 4 is 23.4 Å². The first-order valence-corrected chi connectivity index (χ1v) is 9.25. The predicted octanol–water partition coefficient (Wildman–Crippen LogP) is 4.78. The smallest absolute Gasteiger partial charge is 0.249 e. The van der Waals surface area contributed by atoms with Crippen LogP contribution >= 0.6 is 23.4 Å². The first-order chi connectivity index (χ1) is 12.7. The van der Waals surface area contributed by atoms with Crippen molar-refractivity contribution in [3.05, 3.63) is 65.0 Å². The number of aromatic nitrogens is 5. The number of nitrogens with zero attached hydrogens (tertiary/aromatic N) is 4. The Bertz CT molecular complexity index is 1030. The van der Waals surface area contributed by atoms with Gasteiger partial charge in [0.15, 0.2) is 5.82 Å². The highest BCUT2D eigenvalue weighted by Gasteiger charge is 2.13. The second kappa shape index (κ2) is 7.31. The van der Waals surface area contributed by atoms with E-state index in [2.05, 4.69) is 25.4 Å². The molecule has 0 aliphatic heterocycles. The number of benzene rings is 2. The third kappa shape index (κ3) is 3.63. The minimum Gasteiger partial charge on any atom is -0.420 e. The van der Waals surface area contributed by atoms with Gasteiger partial charge in [-0.3, -0.25) is 5.10 Å². The second-order valence-corrected chi connectivity index (χ2v) is 6.95. The largest absolute Gasteiger partial charge is 0.420 e. The average Bonchev–Trinajstić information content (AvgIpc) is 3.30. The quantitative estimate of drug-likeness (QED) is 0.500. The Morgan fingerprint density at radius 1 is 1.08 bits per heavy atom. The van der Waals surface area contributed by atoms with Gasteiger partial charge in [-0.25, -0.2) is 4.98 Å². The van der Waals surface area contributed by atoms with Crippen molar-refractivity contribution in [1.82, 2.24) is 25.4 Å². The molecule has 0 fully saturated rings. The highest BCUT2D eigenvalue weighted by molar-refractivity contribution is 7.98. The monoisotopic (exact) mass is 383 g/mol. The zero-order valence-electron chi connectivity index (χ0n) is 13.8. The molecule has 0 unspecified atom stereocenters. The minimum absolute atomic E-state index is 0.404. The molecular formula is C18H14ClN5OS. The molecule has 0 aliphatic rings. The molecule has 0 saturated carbocycles.